The van der Waals surface area contributed by atoms with Gasteiger partial charge in [0.25, 0.3) is 0 Å². The van der Waals surface area contributed by atoms with E-state index in [1.165, 1.54) is 0 Å². The number of carbonyl (C=O) groups is 1. The van der Waals surface area contributed by atoms with E-state index in [9.17, 15) is 4.79 Å². The van der Waals surface area contributed by atoms with Gasteiger partial charge >= 0.3 is 0 Å². The lowest BCUT2D eigenvalue weighted by Gasteiger charge is -2.03. The van der Waals surface area contributed by atoms with Crippen LogP contribution in [0.25, 0.3) is 0 Å². The molecule has 2 rings (SSSR count). The summed E-state index contributed by atoms with van der Waals surface area (Å²) >= 11 is 1.54. The van der Waals surface area contributed by atoms with Crippen LogP contribution >= 0.6 is 11.3 Å². The van der Waals surface area contributed by atoms with Gasteiger partial charge in [-0.25, -0.2) is 4.98 Å². The fourth-order valence-corrected chi connectivity index (χ4v) is 2.37. The summed E-state index contributed by atoms with van der Waals surface area (Å²) in [5, 5.41) is 3.85. The molecule has 0 fully saturated rings. The molecule has 0 aromatic carbocycles. The van der Waals surface area contributed by atoms with Crippen LogP contribution in [0.5, 0.6) is 0 Å². The molecule has 0 aliphatic heterocycles. The van der Waals surface area contributed by atoms with E-state index < -0.39 is 0 Å². The standard InChI is InChI=1S/C12H12N2OS/c1-8-6-16-7-10(8)11(15)5-9-3-2-4-14-12(9)13/h2-4,6-7H,5H2,1H3,(H2,13,14). The summed E-state index contributed by atoms with van der Waals surface area (Å²) in [5.41, 5.74) is 8.30. The van der Waals surface area contributed by atoms with Crippen LogP contribution in [0, 0.1) is 6.92 Å². The Hall–Kier alpha value is -1.68. The van der Waals surface area contributed by atoms with Crippen LogP contribution in [0.15, 0.2) is 29.1 Å². The number of carbonyl (C=O) groups excluding carboxylic acids is 1. The maximum absolute atomic E-state index is 12.0. The highest BCUT2D eigenvalue weighted by Gasteiger charge is 2.12. The summed E-state index contributed by atoms with van der Waals surface area (Å²) < 4.78 is 0. The normalized spacial score (nSPS) is 10.3. The Morgan fingerprint density at radius 1 is 1.50 bits per heavy atom. The van der Waals surface area contributed by atoms with Crippen LogP contribution < -0.4 is 5.73 Å². The Morgan fingerprint density at radius 3 is 2.94 bits per heavy atom. The van der Waals surface area contributed by atoms with Crippen molar-refractivity contribution < 1.29 is 4.79 Å². The average Bonchev–Trinajstić information content (AvgIpc) is 2.68. The Kier molecular flexibility index (Phi) is 3.01. The van der Waals surface area contributed by atoms with Crippen molar-refractivity contribution in [1.29, 1.82) is 0 Å². The Labute approximate surface area is 97.9 Å². The van der Waals surface area contributed by atoms with Crippen molar-refractivity contribution in [2.24, 2.45) is 0 Å². The summed E-state index contributed by atoms with van der Waals surface area (Å²) in [6.07, 6.45) is 1.94. The maximum Gasteiger partial charge on any atom is 0.168 e. The first-order valence-corrected chi connectivity index (χ1v) is 5.88. The number of rotatable bonds is 3. The van der Waals surface area contributed by atoms with E-state index in [-0.39, 0.29) is 5.78 Å². The zero-order valence-corrected chi connectivity index (χ0v) is 9.75. The second-order valence-electron chi connectivity index (χ2n) is 3.62. The number of Topliss-reactive ketones (excluding diaryl/α,β-unsaturated/α-hetero) is 1. The van der Waals surface area contributed by atoms with E-state index >= 15 is 0 Å². The van der Waals surface area contributed by atoms with E-state index in [1.54, 1.807) is 23.6 Å². The highest BCUT2D eigenvalue weighted by molar-refractivity contribution is 7.08. The van der Waals surface area contributed by atoms with E-state index in [0.717, 1.165) is 16.7 Å². The molecule has 0 aliphatic rings. The van der Waals surface area contributed by atoms with Crippen LogP contribution in [0.4, 0.5) is 5.82 Å². The van der Waals surface area contributed by atoms with Crippen LogP contribution in [-0.2, 0) is 6.42 Å². The van der Waals surface area contributed by atoms with Crippen molar-refractivity contribution in [1.82, 2.24) is 4.98 Å². The molecular weight excluding hydrogens is 220 g/mol. The third kappa shape index (κ3) is 2.12. The van der Waals surface area contributed by atoms with Gasteiger partial charge in [-0.1, -0.05) is 6.07 Å². The van der Waals surface area contributed by atoms with Crippen molar-refractivity contribution in [3.8, 4) is 0 Å². The van der Waals surface area contributed by atoms with Gasteiger partial charge in [0.2, 0.25) is 0 Å². The summed E-state index contributed by atoms with van der Waals surface area (Å²) in [6.45, 7) is 1.94. The van der Waals surface area contributed by atoms with Crippen molar-refractivity contribution >= 4 is 22.9 Å². The van der Waals surface area contributed by atoms with Crippen molar-refractivity contribution in [2.75, 3.05) is 5.73 Å². The number of aromatic nitrogens is 1. The van der Waals surface area contributed by atoms with Gasteiger partial charge in [0.15, 0.2) is 5.78 Å². The number of aryl methyl sites for hydroxylation is 1. The largest absolute Gasteiger partial charge is 0.383 e. The van der Waals surface area contributed by atoms with Crippen LogP contribution in [-0.4, -0.2) is 10.8 Å². The second kappa shape index (κ2) is 4.45. The van der Waals surface area contributed by atoms with E-state index in [0.29, 0.717) is 12.2 Å². The first-order valence-electron chi connectivity index (χ1n) is 4.94. The number of pyridine rings is 1. The number of nitrogens with two attached hydrogens (primary N) is 1. The van der Waals surface area contributed by atoms with Crippen molar-refractivity contribution in [2.45, 2.75) is 13.3 Å². The maximum atomic E-state index is 12.0. The quantitative estimate of drug-likeness (QED) is 0.827. The lowest BCUT2D eigenvalue weighted by Crippen LogP contribution is -2.06. The van der Waals surface area contributed by atoms with Gasteiger partial charge in [-0.15, -0.1) is 0 Å². The molecule has 0 saturated heterocycles. The van der Waals surface area contributed by atoms with Gasteiger partial charge in [0, 0.05) is 29.1 Å². The number of ketones is 1. The lowest BCUT2D eigenvalue weighted by atomic mass is 10.0. The number of nitrogens with zero attached hydrogens (tertiary/aromatic N) is 1. The molecule has 0 aliphatic carbocycles. The van der Waals surface area contributed by atoms with Crippen molar-refractivity contribution in [3.63, 3.8) is 0 Å². The predicted octanol–water partition coefficient (Wildman–Crippen LogP) is 2.46. The number of anilines is 1. The van der Waals surface area contributed by atoms with Gasteiger partial charge < -0.3 is 5.73 Å². The zero-order valence-electron chi connectivity index (χ0n) is 8.93. The highest BCUT2D eigenvalue weighted by Crippen LogP contribution is 2.17. The fraction of sp³-hybridized carbons (Fsp3) is 0.167. The number of hydrogen-bond donors (Lipinski definition) is 1. The molecule has 82 valence electrons. The van der Waals surface area contributed by atoms with Gasteiger partial charge in [-0.2, -0.15) is 11.3 Å². The molecule has 0 atom stereocenters. The number of thiophene rings is 1. The van der Waals surface area contributed by atoms with E-state index in [2.05, 4.69) is 4.98 Å². The number of hydrogen-bond acceptors (Lipinski definition) is 4. The van der Waals surface area contributed by atoms with Gasteiger partial charge in [-0.3, -0.25) is 4.79 Å². The molecule has 2 aromatic rings. The minimum atomic E-state index is 0.0958. The highest BCUT2D eigenvalue weighted by atomic mass is 32.1. The average molecular weight is 232 g/mol. The lowest BCUT2D eigenvalue weighted by molar-refractivity contribution is 0.0993. The van der Waals surface area contributed by atoms with Gasteiger partial charge in [0.05, 0.1) is 0 Å². The van der Waals surface area contributed by atoms with E-state index in [4.69, 9.17) is 5.73 Å². The predicted molar refractivity (Wildman–Crippen MR) is 65.7 cm³/mol. The summed E-state index contributed by atoms with van der Waals surface area (Å²) in [7, 11) is 0. The topological polar surface area (TPSA) is 56.0 Å². The van der Waals surface area contributed by atoms with Crippen molar-refractivity contribution in [3.05, 3.63) is 45.8 Å². The molecular formula is C12H12N2OS. The SMILES string of the molecule is Cc1cscc1C(=O)Cc1cccnc1N. The van der Waals surface area contributed by atoms with Gasteiger partial charge in [-0.05, 0) is 23.9 Å². The molecule has 0 amide bonds. The molecule has 2 N–H and O–H groups in total. The molecule has 2 heterocycles. The summed E-state index contributed by atoms with van der Waals surface area (Å²) in [4.78, 5) is 15.9. The molecule has 0 bridgehead atoms. The minimum absolute atomic E-state index is 0.0958. The minimum Gasteiger partial charge on any atom is -0.383 e. The van der Waals surface area contributed by atoms with Gasteiger partial charge in [0.1, 0.15) is 5.82 Å². The van der Waals surface area contributed by atoms with E-state index in [1.807, 2.05) is 23.8 Å². The monoisotopic (exact) mass is 232 g/mol. The van der Waals surface area contributed by atoms with Crippen LogP contribution in [0.3, 0.4) is 0 Å². The molecule has 3 nitrogen and oxygen atoms in total. The fourth-order valence-electron chi connectivity index (χ4n) is 1.51. The third-order valence-electron chi connectivity index (χ3n) is 2.43. The van der Waals surface area contributed by atoms with Crippen LogP contribution in [0.2, 0.25) is 0 Å². The molecule has 16 heavy (non-hydrogen) atoms. The Balaban J connectivity index is 2.21. The second-order valence-corrected chi connectivity index (χ2v) is 4.36. The Morgan fingerprint density at radius 2 is 2.31 bits per heavy atom. The summed E-state index contributed by atoms with van der Waals surface area (Å²) in [6, 6.07) is 3.63. The molecule has 0 saturated carbocycles. The molecule has 2 aromatic heterocycles. The third-order valence-corrected chi connectivity index (χ3v) is 3.29. The first kappa shape index (κ1) is 10.8. The van der Waals surface area contributed by atoms with Crippen LogP contribution in [0.1, 0.15) is 21.5 Å². The Bertz CT molecular complexity index is 519. The molecule has 0 spiro atoms. The first-order chi connectivity index (χ1) is 7.68. The molecule has 0 unspecified atom stereocenters. The smallest absolute Gasteiger partial charge is 0.168 e. The number of nitrogen functional groups attached to an aromatic ring is 1. The zero-order chi connectivity index (χ0) is 11.5. The summed E-state index contributed by atoms with van der Waals surface area (Å²) in [5.74, 6) is 0.530. The molecule has 4 heteroatoms. The molecule has 0 radical (unpaired) electrons.